The molecule has 0 nitrogen and oxygen atoms in total. The van der Waals surface area contributed by atoms with Crippen LogP contribution in [0.4, 0.5) is 0 Å². The summed E-state index contributed by atoms with van der Waals surface area (Å²) in [4.78, 5) is 0. The van der Waals surface area contributed by atoms with Gasteiger partial charge in [0.25, 0.3) is 0 Å². The number of fused-ring (bicyclic) bond motifs is 1. The molecule has 2 aliphatic rings. The monoisotopic (exact) mass is 294 g/mol. The number of halogens is 1. The summed E-state index contributed by atoms with van der Waals surface area (Å²) in [6.45, 7) is 0. The normalized spacial score (nSPS) is 17.9. The number of hydrogen-bond acceptors (Lipinski definition) is 0. The highest BCUT2D eigenvalue weighted by Crippen LogP contribution is 2.41. The van der Waals surface area contributed by atoms with E-state index in [0.717, 1.165) is 17.4 Å². The molecule has 2 aromatic carbocycles. The second kappa shape index (κ2) is 5.35. The summed E-state index contributed by atoms with van der Waals surface area (Å²) < 4.78 is 0. The summed E-state index contributed by atoms with van der Waals surface area (Å²) in [6, 6.07) is 14.9. The molecule has 0 aliphatic heterocycles. The van der Waals surface area contributed by atoms with Crippen LogP contribution in [0.15, 0.2) is 48.0 Å². The van der Waals surface area contributed by atoms with Gasteiger partial charge in [-0.3, -0.25) is 0 Å². The summed E-state index contributed by atoms with van der Waals surface area (Å²) in [6.07, 6.45) is 9.17. The van der Waals surface area contributed by atoms with Crippen molar-refractivity contribution in [1.82, 2.24) is 0 Å². The predicted molar refractivity (Wildman–Crippen MR) is 90.5 cm³/mol. The van der Waals surface area contributed by atoms with E-state index in [1.165, 1.54) is 47.9 Å². The van der Waals surface area contributed by atoms with Crippen molar-refractivity contribution in [2.24, 2.45) is 5.92 Å². The van der Waals surface area contributed by atoms with Gasteiger partial charge in [0, 0.05) is 5.02 Å². The fraction of sp³-hybridized carbons (Fsp3) is 0.300. The lowest BCUT2D eigenvalue weighted by Crippen LogP contribution is -1.99. The van der Waals surface area contributed by atoms with Gasteiger partial charge in [-0.1, -0.05) is 66.4 Å². The van der Waals surface area contributed by atoms with Crippen molar-refractivity contribution in [3.63, 3.8) is 0 Å². The van der Waals surface area contributed by atoms with Gasteiger partial charge in [0.05, 0.1) is 0 Å². The van der Waals surface area contributed by atoms with Crippen LogP contribution in [-0.2, 0) is 6.42 Å². The smallest absolute Gasteiger partial charge is 0.0406 e. The van der Waals surface area contributed by atoms with Gasteiger partial charge >= 0.3 is 0 Å². The molecule has 0 unspecified atom stereocenters. The summed E-state index contributed by atoms with van der Waals surface area (Å²) in [5, 5.41) is 0.802. The number of hydrogen-bond donors (Lipinski definition) is 0. The zero-order valence-corrected chi connectivity index (χ0v) is 12.9. The SMILES string of the molecule is Clc1ccc(-c2cccc3c2CC(C2CCCC2)=C3)cc1. The highest BCUT2D eigenvalue weighted by atomic mass is 35.5. The van der Waals surface area contributed by atoms with Crippen molar-refractivity contribution in [2.45, 2.75) is 32.1 Å². The van der Waals surface area contributed by atoms with Crippen molar-refractivity contribution in [3.05, 3.63) is 64.2 Å². The van der Waals surface area contributed by atoms with Crippen LogP contribution in [-0.4, -0.2) is 0 Å². The van der Waals surface area contributed by atoms with Crippen LogP contribution in [0.1, 0.15) is 36.8 Å². The zero-order chi connectivity index (χ0) is 14.2. The van der Waals surface area contributed by atoms with E-state index in [1.807, 2.05) is 12.1 Å². The van der Waals surface area contributed by atoms with Crippen LogP contribution >= 0.6 is 11.6 Å². The molecule has 106 valence electrons. The Labute approximate surface area is 131 Å². The summed E-state index contributed by atoms with van der Waals surface area (Å²) in [5.41, 5.74) is 7.22. The van der Waals surface area contributed by atoms with Crippen LogP contribution in [0.5, 0.6) is 0 Å². The van der Waals surface area contributed by atoms with Crippen molar-refractivity contribution in [2.75, 3.05) is 0 Å². The van der Waals surface area contributed by atoms with Gasteiger partial charge in [-0.25, -0.2) is 0 Å². The lowest BCUT2D eigenvalue weighted by molar-refractivity contribution is 0.635. The molecule has 1 fully saturated rings. The van der Waals surface area contributed by atoms with Crippen LogP contribution in [0.25, 0.3) is 17.2 Å². The molecule has 2 aliphatic carbocycles. The average Bonchev–Trinajstić information content (AvgIpc) is 3.16. The number of benzene rings is 2. The molecule has 1 heteroatoms. The number of rotatable bonds is 2. The summed E-state index contributed by atoms with van der Waals surface area (Å²) in [5.74, 6) is 0.829. The molecule has 0 atom stereocenters. The van der Waals surface area contributed by atoms with Gasteiger partial charge in [-0.2, -0.15) is 0 Å². The molecule has 21 heavy (non-hydrogen) atoms. The van der Waals surface area contributed by atoms with Crippen molar-refractivity contribution < 1.29 is 0 Å². The standard InChI is InChI=1S/C20H19Cl/c21-18-10-8-15(9-11-18)19-7-3-6-16-12-17(13-20(16)19)14-4-1-2-5-14/h3,6-12,14H,1-2,4-5,13H2. The minimum absolute atomic E-state index is 0.802. The first-order valence-electron chi connectivity index (χ1n) is 7.89. The molecular formula is C20H19Cl. The summed E-state index contributed by atoms with van der Waals surface area (Å²) >= 11 is 6.02. The topological polar surface area (TPSA) is 0 Å². The molecule has 0 amide bonds. The highest BCUT2D eigenvalue weighted by molar-refractivity contribution is 6.30. The van der Waals surface area contributed by atoms with E-state index in [-0.39, 0.29) is 0 Å². The Bertz CT molecular complexity index is 688. The first kappa shape index (κ1) is 13.2. The van der Waals surface area contributed by atoms with Gasteiger partial charge in [-0.15, -0.1) is 0 Å². The van der Waals surface area contributed by atoms with E-state index in [1.54, 1.807) is 5.57 Å². The highest BCUT2D eigenvalue weighted by Gasteiger charge is 2.25. The molecule has 1 saturated carbocycles. The summed E-state index contributed by atoms with van der Waals surface area (Å²) in [7, 11) is 0. The Morgan fingerprint density at radius 3 is 2.43 bits per heavy atom. The Morgan fingerprint density at radius 2 is 1.67 bits per heavy atom. The lowest BCUT2D eigenvalue weighted by Gasteiger charge is -2.12. The zero-order valence-electron chi connectivity index (χ0n) is 12.1. The van der Waals surface area contributed by atoms with Crippen molar-refractivity contribution >= 4 is 17.7 Å². The third-order valence-electron chi connectivity index (χ3n) is 4.97. The molecule has 0 heterocycles. The molecule has 4 rings (SSSR count). The molecule has 0 N–H and O–H groups in total. The maximum Gasteiger partial charge on any atom is 0.0406 e. The Morgan fingerprint density at radius 1 is 0.905 bits per heavy atom. The van der Waals surface area contributed by atoms with E-state index in [0.29, 0.717) is 0 Å². The van der Waals surface area contributed by atoms with Gasteiger partial charge in [0.1, 0.15) is 0 Å². The second-order valence-corrected chi connectivity index (χ2v) is 6.69. The molecule has 2 aromatic rings. The second-order valence-electron chi connectivity index (χ2n) is 6.26. The van der Waals surface area contributed by atoms with Gasteiger partial charge in [0.15, 0.2) is 0 Å². The van der Waals surface area contributed by atoms with Crippen LogP contribution in [0.2, 0.25) is 5.02 Å². The average molecular weight is 295 g/mol. The van der Waals surface area contributed by atoms with E-state index in [2.05, 4.69) is 36.4 Å². The molecule has 0 bridgehead atoms. The van der Waals surface area contributed by atoms with Gasteiger partial charge in [0.2, 0.25) is 0 Å². The quantitative estimate of drug-likeness (QED) is 0.624. The van der Waals surface area contributed by atoms with Gasteiger partial charge in [-0.05, 0) is 59.6 Å². The molecule has 0 radical (unpaired) electrons. The van der Waals surface area contributed by atoms with Crippen molar-refractivity contribution in [1.29, 1.82) is 0 Å². The fourth-order valence-corrected chi connectivity index (χ4v) is 3.98. The van der Waals surface area contributed by atoms with E-state index >= 15 is 0 Å². The Balaban J connectivity index is 1.70. The van der Waals surface area contributed by atoms with E-state index < -0.39 is 0 Å². The predicted octanol–water partition coefficient (Wildman–Crippen LogP) is 6.14. The molecule has 0 spiro atoms. The minimum atomic E-state index is 0.802. The third kappa shape index (κ3) is 2.42. The molecule has 0 saturated heterocycles. The van der Waals surface area contributed by atoms with Crippen LogP contribution < -0.4 is 0 Å². The molecular weight excluding hydrogens is 276 g/mol. The lowest BCUT2D eigenvalue weighted by atomic mass is 9.92. The third-order valence-corrected chi connectivity index (χ3v) is 5.22. The number of allylic oxidation sites excluding steroid dienone is 1. The largest absolute Gasteiger partial charge is 0.0843 e. The fourth-order valence-electron chi connectivity index (χ4n) is 3.85. The maximum absolute atomic E-state index is 6.02. The molecule has 0 aromatic heterocycles. The first-order valence-corrected chi connectivity index (χ1v) is 8.27. The van der Waals surface area contributed by atoms with E-state index in [4.69, 9.17) is 11.6 Å². The Hall–Kier alpha value is -1.53. The first-order chi connectivity index (χ1) is 10.3. The van der Waals surface area contributed by atoms with Gasteiger partial charge < -0.3 is 0 Å². The maximum atomic E-state index is 6.02. The minimum Gasteiger partial charge on any atom is -0.0843 e. The Kier molecular flexibility index (Phi) is 3.35. The van der Waals surface area contributed by atoms with Crippen LogP contribution in [0, 0.1) is 5.92 Å². The van der Waals surface area contributed by atoms with Crippen molar-refractivity contribution in [3.8, 4) is 11.1 Å². The van der Waals surface area contributed by atoms with Crippen LogP contribution in [0.3, 0.4) is 0 Å². The van der Waals surface area contributed by atoms with E-state index in [9.17, 15) is 0 Å².